The van der Waals surface area contributed by atoms with Crippen LogP contribution in [0.2, 0.25) is 0 Å². The predicted octanol–water partition coefficient (Wildman–Crippen LogP) is 2.64. The van der Waals surface area contributed by atoms with Crippen molar-refractivity contribution in [3.05, 3.63) is 53.3 Å². The molecule has 0 saturated carbocycles. The Balaban J connectivity index is 2.52. The standard InChI is InChI=1S/C15H14FNO5S/c1-9-3-5-11(16)12(7-9)17-23(20,21)14-8-10(15(18)19)4-6-13(14)22-2/h3-8,17H,1-2H3,(H,18,19). The van der Waals surface area contributed by atoms with E-state index in [1.807, 2.05) is 0 Å². The van der Waals surface area contributed by atoms with Gasteiger partial charge in [0.1, 0.15) is 16.5 Å². The van der Waals surface area contributed by atoms with Crippen LogP contribution in [0.25, 0.3) is 0 Å². The predicted molar refractivity (Wildman–Crippen MR) is 81.9 cm³/mol. The molecule has 0 atom stereocenters. The first kappa shape index (κ1) is 16.8. The number of aryl methyl sites for hydroxylation is 1. The van der Waals surface area contributed by atoms with Gasteiger partial charge in [-0.05, 0) is 42.8 Å². The van der Waals surface area contributed by atoms with E-state index in [1.54, 1.807) is 6.92 Å². The molecule has 6 nitrogen and oxygen atoms in total. The highest BCUT2D eigenvalue weighted by Crippen LogP contribution is 2.28. The van der Waals surface area contributed by atoms with Crippen LogP contribution in [0.15, 0.2) is 41.3 Å². The minimum absolute atomic E-state index is 0.0458. The first-order chi connectivity index (χ1) is 10.7. The Labute approximate surface area is 132 Å². The zero-order valence-corrected chi connectivity index (χ0v) is 13.1. The second-order valence-electron chi connectivity index (χ2n) is 4.76. The van der Waals surface area contributed by atoms with Crippen LogP contribution in [0.3, 0.4) is 0 Å². The fraction of sp³-hybridized carbons (Fsp3) is 0.133. The monoisotopic (exact) mass is 339 g/mol. The molecule has 2 aromatic rings. The molecule has 0 aliphatic rings. The molecule has 0 fully saturated rings. The maximum atomic E-state index is 13.8. The molecule has 2 N–H and O–H groups in total. The zero-order valence-electron chi connectivity index (χ0n) is 12.3. The third kappa shape index (κ3) is 3.59. The minimum Gasteiger partial charge on any atom is -0.495 e. The van der Waals surface area contributed by atoms with Crippen LogP contribution in [-0.2, 0) is 10.0 Å². The molecule has 0 saturated heterocycles. The maximum Gasteiger partial charge on any atom is 0.335 e. The number of sulfonamides is 1. The first-order valence-electron chi connectivity index (χ1n) is 6.45. The summed E-state index contributed by atoms with van der Waals surface area (Å²) in [5.41, 5.74) is 0.207. The number of anilines is 1. The molecule has 122 valence electrons. The molecule has 2 rings (SSSR count). The van der Waals surface area contributed by atoms with Crippen LogP contribution in [-0.4, -0.2) is 26.6 Å². The number of carboxylic acid groups (broad SMARTS) is 1. The van der Waals surface area contributed by atoms with Gasteiger partial charge < -0.3 is 9.84 Å². The lowest BCUT2D eigenvalue weighted by atomic mass is 10.2. The summed E-state index contributed by atoms with van der Waals surface area (Å²) in [4.78, 5) is 10.6. The van der Waals surface area contributed by atoms with Gasteiger partial charge in [-0.1, -0.05) is 6.07 Å². The lowest BCUT2D eigenvalue weighted by Crippen LogP contribution is -2.16. The number of benzene rings is 2. The van der Waals surface area contributed by atoms with Crippen molar-refractivity contribution in [1.29, 1.82) is 0 Å². The quantitative estimate of drug-likeness (QED) is 0.873. The van der Waals surface area contributed by atoms with Gasteiger partial charge in [0.25, 0.3) is 10.0 Å². The zero-order chi connectivity index (χ0) is 17.2. The van der Waals surface area contributed by atoms with Gasteiger partial charge in [-0.2, -0.15) is 0 Å². The topological polar surface area (TPSA) is 92.7 Å². The van der Waals surface area contributed by atoms with Gasteiger partial charge in [0.05, 0.1) is 18.4 Å². The van der Waals surface area contributed by atoms with E-state index in [9.17, 15) is 17.6 Å². The number of carboxylic acids is 1. The SMILES string of the molecule is COc1ccc(C(=O)O)cc1S(=O)(=O)Nc1cc(C)ccc1F. The molecule has 8 heteroatoms. The third-order valence-electron chi connectivity index (χ3n) is 3.07. The molecule has 0 unspecified atom stereocenters. The number of carbonyl (C=O) groups is 1. The Hall–Kier alpha value is -2.61. The fourth-order valence-corrected chi connectivity index (χ4v) is 3.19. The fourth-order valence-electron chi connectivity index (χ4n) is 1.94. The second kappa shape index (κ2) is 6.25. The highest BCUT2D eigenvalue weighted by molar-refractivity contribution is 7.92. The van der Waals surface area contributed by atoms with Crippen molar-refractivity contribution >= 4 is 21.7 Å². The van der Waals surface area contributed by atoms with Crippen molar-refractivity contribution in [2.24, 2.45) is 0 Å². The molecule has 0 spiro atoms. The second-order valence-corrected chi connectivity index (χ2v) is 6.41. The van der Waals surface area contributed by atoms with Crippen LogP contribution in [0.5, 0.6) is 5.75 Å². The first-order valence-corrected chi connectivity index (χ1v) is 7.93. The Morgan fingerprint density at radius 2 is 1.91 bits per heavy atom. The minimum atomic E-state index is -4.23. The number of halogens is 1. The Bertz CT molecular complexity index is 864. The number of ether oxygens (including phenoxy) is 1. The number of hydrogen-bond donors (Lipinski definition) is 2. The number of methoxy groups -OCH3 is 1. The Morgan fingerprint density at radius 3 is 2.52 bits per heavy atom. The number of nitrogens with one attached hydrogen (secondary N) is 1. The largest absolute Gasteiger partial charge is 0.495 e. The molecule has 2 aromatic carbocycles. The van der Waals surface area contributed by atoms with Crippen LogP contribution in [0.1, 0.15) is 15.9 Å². The Kier molecular flexibility index (Phi) is 4.55. The number of rotatable bonds is 5. The van der Waals surface area contributed by atoms with Gasteiger partial charge >= 0.3 is 5.97 Å². The van der Waals surface area contributed by atoms with Gasteiger partial charge in [-0.15, -0.1) is 0 Å². The van der Waals surface area contributed by atoms with Gasteiger partial charge in [-0.25, -0.2) is 17.6 Å². The smallest absolute Gasteiger partial charge is 0.335 e. The van der Waals surface area contributed by atoms with Crippen molar-refractivity contribution in [2.45, 2.75) is 11.8 Å². The van der Waals surface area contributed by atoms with Crippen LogP contribution < -0.4 is 9.46 Å². The van der Waals surface area contributed by atoms with Crippen molar-refractivity contribution < 1.29 is 27.4 Å². The van der Waals surface area contributed by atoms with E-state index in [0.29, 0.717) is 5.56 Å². The van der Waals surface area contributed by atoms with Crippen molar-refractivity contribution in [3.63, 3.8) is 0 Å². The number of hydrogen-bond acceptors (Lipinski definition) is 4. The van der Waals surface area contributed by atoms with Gasteiger partial charge in [-0.3, -0.25) is 4.72 Å². The summed E-state index contributed by atoms with van der Waals surface area (Å²) < 4.78 is 45.8. The van der Waals surface area contributed by atoms with E-state index in [4.69, 9.17) is 9.84 Å². The van der Waals surface area contributed by atoms with E-state index in [1.165, 1.54) is 31.4 Å². The molecule has 23 heavy (non-hydrogen) atoms. The molecule has 0 radical (unpaired) electrons. The summed E-state index contributed by atoms with van der Waals surface area (Å²) >= 11 is 0. The van der Waals surface area contributed by atoms with Crippen molar-refractivity contribution in [3.8, 4) is 5.75 Å². The molecular weight excluding hydrogens is 325 g/mol. The molecule has 0 aromatic heterocycles. The summed E-state index contributed by atoms with van der Waals surface area (Å²) in [6.07, 6.45) is 0. The van der Waals surface area contributed by atoms with Crippen LogP contribution in [0.4, 0.5) is 10.1 Å². The molecular formula is C15H14FNO5S. The van der Waals surface area contributed by atoms with E-state index in [2.05, 4.69) is 4.72 Å². The molecule has 0 bridgehead atoms. The van der Waals surface area contributed by atoms with E-state index < -0.39 is 21.8 Å². The summed E-state index contributed by atoms with van der Waals surface area (Å²) in [5.74, 6) is -2.08. The van der Waals surface area contributed by atoms with Gasteiger partial charge in [0.15, 0.2) is 0 Å². The summed E-state index contributed by atoms with van der Waals surface area (Å²) in [6, 6.07) is 7.37. The summed E-state index contributed by atoms with van der Waals surface area (Å²) in [5, 5.41) is 8.99. The van der Waals surface area contributed by atoms with Crippen LogP contribution in [0, 0.1) is 12.7 Å². The lowest BCUT2D eigenvalue weighted by Gasteiger charge is -2.13. The van der Waals surface area contributed by atoms with E-state index >= 15 is 0 Å². The van der Waals surface area contributed by atoms with E-state index in [0.717, 1.165) is 12.1 Å². The average Bonchev–Trinajstić information content (AvgIpc) is 2.50. The molecule has 0 aliphatic carbocycles. The average molecular weight is 339 g/mol. The molecule has 0 heterocycles. The van der Waals surface area contributed by atoms with Gasteiger partial charge in [0, 0.05) is 0 Å². The third-order valence-corrected chi connectivity index (χ3v) is 4.45. The van der Waals surface area contributed by atoms with E-state index in [-0.39, 0.29) is 21.9 Å². The van der Waals surface area contributed by atoms with Crippen LogP contribution >= 0.6 is 0 Å². The number of aromatic carboxylic acids is 1. The maximum absolute atomic E-state index is 13.8. The highest BCUT2D eigenvalue weighted by atomic mass is 32.2. The lowest BCUT2D eigenvalue weighted by molar-refractivity contribution is 0.0696. The normalized spacial score (nSPS) is 11.1. The summed E-state index contributed by atoms with van der Waals surface area (Å²) in [6.45, 7) is 1.68. The van der Waals surface area contributed by atoms with Crippen molar-refractivity contribution in [2.75, 3.05) is 11.8 Å². The molecule has 0 amide bonds. The Morgan fingerprint density at radius 1 is 1.22 bits per heavy atom. The highest BCUT2D eigenvalue weighted by Gasteiger charge is 2.23. The van der Waals surface area contributed by atoms with Crippen molar-refractivity contribution in [1.82, 2.24) is 0 Å². The molecule has 0 aliphatic heterocycles. The summed E-state index contributed by atoms with van der Waals surface area (Å²) in [7, 11) is -2.98. The van der Waals surface area contributed by atoms with Gasteiger partial charge in [0.2, 0.25) is 0 Å².